The number of hydrogen-bond acceptors (Lipinski definition) is 5. The first-order valence-corrected chi connectivity index (χ1v) is 11.7. The molecule has 1 aromatic carbocycles. The second-order valence-corrected chi connectivity index (χ2v) is 10.3. The van der Waals surface area contributed by atoms with Gasteiger partial charge in [0.15, 0.2) is 5.72 Å². The number of carbonyl (C=O) groups excluding carboxylic acids is 1. The molecule has 2 atom stereocenters. The van der Waals surface area contributed by atoms with Gasteiger partial charge in [0.05, 0.1) is 11.0 Å². The van der Waals surface area contributed by atoms with Crippen LogP contribution in [0.3, 0.4) is 0 Å². The minimum Gasteiger partial charge on any atom is -0.481 e. The fourth-order valence-electron chi connectivity index (χ4n) is 5.85. The molecule has 1 aromatic heterocycles. The van der Waals surface area contributed by atoms with Crippen molar-refractivity contribution in [1.29, 1.82) is 0 Å². The maximum atomic E-state index is 13.1. The number of nitrogens with zero attached hydrogens (tertiary/aromatic N) is 1. The van der Waals surface area contributed by atoms with Crippen molar-refractivity contribution in [2.45, 2.75) is 65.0 Å². The molecule has 7 heteroatoms. The molecule has 2 unspecified atom stereocenters. The van der Waals surface area contributed by atoms with Crippen molar-refractivity contribution in [1.82, 2.24) is 9.88 Å². The van der Waals surface area contributed by atoms with Gasteiger partial charge in [0.1, 0.15) is 12.4 Å². The number of nitrogens with one attached hydrogen (secondary N) is 1. The van der Waals surface area contributed by atoms with E-state index in [1.165, 1.54) is 19.3 Å². The number of carboxylic acid groups (broad SMARTS) is 1. The monoisotopic (exact) mass is 440 g/mol. The summed E-state index contributed by atoms with van der Waals surface area (Å²) < 4.78 is 12.3. The molecule has 2 N–H and O–H groups in total. The number of ether oxygens (including phenoxy) is 2. The minimum absolute atomic E-state index is 0.181. The zero-order valence-corrected chi connectivity index (χ0v) is 19.1. The van der Waals surface area contributed by atoms with Crippen LogP contribution in [0.1, 0.15) is 67.6 Å². The van der Waals surface area contributed by atoms with Crippen LogP contribution in [0.2, 0.25) is 0 Å². The lowest BCUT2D eigenvalue weighted by Crippen LogP contribution is -2.64. The lowest BCUT2D eigenvalue weighted by Gasteiger charge is -2.56. The predicted octanol–water partition coefficient (Wildman–Crippen LogP) is 4.27. The maximum Gasteiger partial charge on any atom is 0.340 e. The Kier molecular flexibility index (Phi) is 5.00. The van der Waals surface area contributed by atoms with Gasteiger partial charge in [-0.25, -0.2) is 4.79 Å². The largest absolute Gasteiger partial charge is 0.481 e. The molecule has 0 radical (unpaired) electrons. The molecule has 2 saturated heterocycles. The average Bonchev–Trinajstić information content (AvgIpc) is 3.11. The normalized spacial score (nSPS) is 25.4. The first kappa shape index (κ1) is 21.3. The summed E-state index contributed by atoms with van der Waals surface area (Å²) in [6, 6.07) is 4.01. The van der Waals surface area contributed by atoms with Gasteiger partial charge in [0.2, 0.25) is 0 Å². The molecule has 0 amide bonds. The molecule has 32 heavy (non-hydrogen) atoms. The second kappa shape index (κ2) is 7.51. The summed E-state index contributed by atoms with van der Waals surface area (Å²) >= 11 is 0. The Balaban J connectivity index is 1.53. The first-order valence-electron chi connectivity index (χ1n) is 11.7. The van der Waals surface area contributed by atoms with Crippen LogP contribution in [0, 0.1) is 18.3 Å². The number of esters is 1. The highest BCUT2D eigenvalue weighted by Crippen LogP contribution is 2.50. The molecule has 3 aliphatic heterocycles. The van der Waals surface area contributed by atoms with Gasteiger partial charge in [0, 0.05) is 47.6 Å². The van der Waals surface area contributed by atoms with Gasteiger partial charge in [0.25, 0.3) is 0 Å². The Morgan fingerprint density at radius 2 is 2.06 bits per heavy atom. The van der Waals surface area contributed by atoms with Gasteiger partial charge in [-0.3, -0.25) is 9.69 Å². The summed E-state index contributed by atoms with van der Waals surface area (Å²) in [5.74, 6) is -0.216. The summed E-state index contributed by atoms with van der Waals surface area (Å²) in [4.78, 5) is 30.4. The molecule has 3 aliphatic rings. The zero-order chi connectivity index (χ0) is 22.7. The van der Waals surface area contributed by atoms with Crippen LogP contribution in [0.4, 0.5) is 0 Å². The first-order chi connectivity index (χ1) is 15.2. The third kappa shape index (κ3) is 3.20. The lowest BCUT2D eigenvalue weighted by atomic mass is 9.74. The third-order valence-electron chi connectivity index (χ3n) is 7.67. The van der Waals surface area contributed by atoms with Gasteiger partial charge >= 0.3 is 11.9 Å². The van der Waals surface area contributed by atoms with Crippen LogP contribution in [-0.4, -0.2) is 52.4 Å². The molecule has 172 valence electrons. The van der Waals surface area contributed by atoms with E-state index in [4.69, 9.17) is 9.47 Å². The van der Waals surface area contributed by atoms with E-state index in [1.807, 2.05) is 19.1 Å². The number of carbonyl (C=O) groups is 2. The molecule has 1 spiro atoms. The number of piperidine rings is 2. The van der Waals surface area contributed by atoms with E-state index in [9.17, 15) is 14.7 Å². The highest BCUT2D eigenvalue weighted by atomic mass is 16.5. The van der Waals surface area contributed by atoms with Gasteiger partial charge in [-0.15, -0.1) is 0 Å². The number of benzene rings is 1. The zero-order valence-electron chi connectivity index (χ0n) is 19.1. The smallest absolute Gasteiger partial charge is 0.340 e. The Labute approximate surface area is 188 Å². The number of H-pyrrole nitrogens is 1. The number of carboxylic acids is 1. The molecule has 7 nitrogen and oxygen atoms in total. The van der Waals surface area contributed by atoms with E-state index in [0.717, 1.165) is 60.3 Å². The van der Waals surface area contributed by atoms with Crippen molar-refractivity contribution >= 4 is 22.8 Å². The van der Waals surface area contributed by atoms with Crippen molar-refractivity contribution in [2.75, 3.05) is 19.7 Å². The Morgan fingerprint density at radius 1 is 1.28 bits per heavy atom. The van der Waals surface area contributed by atoms with E-state index in [-0.39, 0.29) is 12.3 Å². The van der Waals surface area contributed by atoms with Gasteiger partial charge in [-0.1, -0.05) is 0 Å². The average molecular weight is 441 g/mol. The fourth-order valence-corrected chi connectivity index (χ4v) is 5.85. The number of aromatic amines is 1. The summed E-state index contributed by atoms with van der Waals surface area (Å²) in [5.41, 5.74) is 1.83. The third-order valence-corrected chi connectivity index (χ3v) is 7.67. The molecular weight excluding hydrogens is 408 g/mol. The number of aromatic nitrogens is 1. The van der Waals surface area contributed by atoms with Crippen LogP contribution in [0.25, 0.3) is 10.9 Å². The summed E-state index contributed by atoms with van der Waals surface area (Å²) in [7, 11) is 0. The molecule has 2 aromatic rings. The topological polar surface area (TPSA) is 91.9 Å². The molecule has 0 aliphatic carbocycles. The molecule has 0 saturated carbocycles. The lowest BCUT2D eigenvalue weighted by molar-refractivity contribution is -0.177. The Morgan fingerprint density at radius 3 is 2.84 bits per heavy atom. The molecular formula is C25H32N2O5. The summed E-state index contributed by atoms with van der Waals surface area (Å²) in [6.07, 6.45) is 6.64. The molecule has 2 fully saturated rings. The van der Waals surface area contributed by atoms with Gasteiger partial charge in [-0.2, -0.15) is 0 Å². The van der Waals surface area contributed by atoms with Crippen LogP contribution >= 0.6 is 0 Å². The fraction of sp³-hybridized carbons (Fsp3) is 0.600. The maximum absolute atomic E-state index is 13.1. The number of rotatable bonds is 4. The van der Waals surface area contributed by atoms with E-state index in [0.29, 0.717) is 11.5 Å². The molecule has 4 heterocycles. The van der Waals surface area contributed by atoms with Crippen LogP contribution < -0.4 is 4.74 Å². The van der Waals surface area contributed by atoms with E-state index < -0.39 is 17.4 Å². The standard InChI is InChI=1S/C25H32N2O5/c1-15-20(22(28)31-14-24(2,3)23(29)30)21-17-13-16-7-6-12-27-11-5-4-10-25(16,27)32-19(17)9-8-18(21)26-15/h8-9,16,26H,4-7,10-14H2,1-3H3,(H,29,30). The van der Waals surface area contributed by atoms with Crippen molar-refractivity contribution in [3.63, 3.8) is 0 Å². The van der Waals surface area contributed by atoms with Crippen LogP contribution in [0.5, 0.6) is 5.75 Å². The van der Waals surface area contributed by atoms with Crippen molar-refractivity contribution in [3.05, 3.63) is 29.0 Å². The minimum atomic E-state index is -1.14. The second-order valence-electron chi connectivity index (χ2n) is 10.3. The quantitative estimate of drug-likeness (QED) is 0.690. The van der Waals surface area contributed by atoms with Gasteiger partial charge in [-0.05, 0) is 65.0 Å². The number of fused-ring (bicyclic) bond motifs is 3. The van der Waals surface area contributed by atoms with Crippen LogP contribution in [-0.2, 0) is 16.0 Å². The Bertz CT molecular complexity index is 1090. The van der Waals surface area contributed by atoms with E-state index in [2.05, 4.69) is 9.88 Å². The number of aliphatic carboxylic acids is 1. The van der Waals surface area contributed by atoms with Crippen molar-refractivity contribution in [3.8, 4) is 5.75 Å². The highest BCUT2D eigenvalue weighted by molar-refractivity contribution is 6.07. The molecule has 5 rings (SSSR count). The van der Waals surface area contributed by atoms with E-state index in [1.54, 1.807) is 13.8 Å². The highest BCUT2D eigenvalue weighted by Gasteiger charge is 2.52. The number of hydrogen-bond donors (Lipinski definition) is 2. The van der Waals surface area contributed by atoms with Crippen molar-refractivity contribution < 1.29 is 24.2 Å². The van der Waals surface area contributed by atoms with Gasteiger partial charge < -0.3 is 19.6 Å². The SMILES string of the molecule is Cc1[nH]c2ccc3c(c2c1C(=O)OCC(C)(C)C(=O)O)CC1CCCN2CCCCC12O3. The predicted molar refractivity (Wildman–Crippen MR) is 120 cm³/mol. The van der Waals surface area contributed by atoms with E-state index >= 15 is 0 Å². The summed E-state index contributed by atoms with van der Waals surface area (Å²) in [6.45, 7) is 6.97. The molecule has 0 bridgehead atoms. The number of aryl methyl sites for hydroxylation is 1. The Hall–Kier alpha value is -2.54. The summed E-state index contributed by atoms with van der Waals surface area (Å²) in [5, 5.41) is 10.2. The van der Waals surface area contributed by atoms with Crippen LogP contribution in [0.15, 0.2) is 12.1 Å². The van der Waals surface area contributed by atoms with Crippen molar-refractivity contribution in [2.24, 2.45) is 11.3 Å².